The first-order valence-electron chi connectivity index (χ1n) is 10.9. The van der Waals surface area contributed by atoms with Crippen LogP contribution in [0.3, 0.4) is 0 Å². The largest absolute Gasteiger partial charge is 0.353 e. The molecule has 2 aromatic rings. The molecule has 0 aromatic heterocycles. The Morgan fingerprint density at radius 3 is 2.22 bits per heavy atom. The van der Waals surface area contributed by atoms with E-state index in [1.54, 1.807) is 0 Å². The van der Waals surface area contributed by atoms with E-state index < -0.39 is 32.7 Å². The maximum Gasteiger partial charge on any atom is 0.224 e. The summed E-state index contributed by atoms with van der Waals surface area (Å²) in [5.74, 6) is -1.84. The first-order chi connectivity index (χ1) is 15.1. The molecule has 0 radical (unpaired) electrons. The molecule has 1 amide bonds. The minimum absolute atomic E-state index is 0.0359. The van der Waals surface area contributed by atoms with Crippen molar-refractivity contribution in [1.82, 2.24) is 5.32 Å². The van der Waals surface area contributed by atoms with Gasteiger partial charge < -0.3 is 5.32 Å². The molecule has 1 saturated carbocycles. The van der Waals surface area contributed by atoms with E-state index in [9.17, 15) is 17.6 Å². The number of amides is 1. The van der Waals surface area contributed by atoms with Crippen molar-refractivity contribution in [1.29, 1.82) is 0 Å². The molecule has 1 N–H and O–H groups in total. The Bertz CT molecular complexity index is 1050. The Morgan fingerprint density at radius 1 is 1.00 bits per heavy atom. The van der Waals surface area contributed by atoms with Gasteiger partial charge >= 0.3 is 0 Å². The molecule has 174 valence electrons. The van der Waals surface area contributed by atoms with Gasteiger partial charge in [-0.15, -0.1) is 0 Å². The number of hydrogen-bond acceptors (Lipinski definition) is 3. The normalized spacial score (nSPS) is 18.0. The molecule has 0 spiro atoms. The number of nitrogens with one attached hydrogen (secondary N) is 1. The summed E-state index contributed by atoms with van der Waals surface area (Å²) < 4.78 is 42.0. The average Bonchev–Trinajstić information content (AvgIpc) is 2.77. The lowest BCUT2D eigenvalue weighted by atomic mass is 9.84. The monoisotopic (exact) mass is 499 g/mol. The summed E-state index contributed by atoms with van der Waals surface area (Å²) in [5.41, 5.74) is -0.125. The Balaban J connectivity index is 1.97. The Morgan fingerprint density at radius 2 is 1.59 bits per heavy atom. The molecular formula is C24H28Cl2FNO3S. The number of carbonyl (C=O) groups excluding carboxylic acids is 1. The van der Waals surface area contributed by atoms with Gasteiger partial charge in [0.15, 0.2) is 9.84 Å². The summed E-state index contributed by atoms with van der Waals surface area (Å²) in [4.78, 5) is 13.2. The van der Waals surface area contributed by atoms with Gasteiger partial charge in [0.2, 0.25) is 5.91 Å². The molecule has 1 aliphatic carbocycles. The molecule has 8 heteroatoms. The van der Waals surface area contributed by atoms with E-state index in [-0.39, 0.29) is 21.5 Å². The molecule has 3 unspecified atom stereocenters. The maximum atomic E-state index is 14.8. The van der Waals surface area contributed by atoms with Crippen LogP contribution >= 0.6 is 23.2 Å². The molecule has 0 saturated heterocycles. The fourth-order valence-corrected chi connectivity index (χ4v) is 6.75. The minimum Gasteiger partial charge on any atom is -0.353 e. The van der Waals surface area contributed by atoms with Gasteiger partial charge in [-0.05, 0) is 68.1 Å². The number of halogens is 3. The molecule has 3 rings (SSSR count). The highest BCUT2D eigenvalue weighted by Gasteiger charge is 2.40. The molecule has 1 fully saturated rings. The van der Waals surface area contributed by atoms with Gasteiger partial charge in [-0.3, -0.25) is 4.79 Å². The molecule has 0 bridgehead atoms. The Hall–Kier alpha value is -1.63. The van der Waals surface area contributed by atoms with Gasteiger partial charge in [0, 0.05) is 21.7 Å². The van der Waals surface area contributed by atoms with Crippen LogP contribution in [0.15, 0.2) is 47.4 Å². The third-order valence-corrected chi connectivity index (χ3v) is 9.08. The highest BCUT2D eigenvalue weighted by molar-refractivity contribution is 7.91. The van der Waals surface area contributed by atoms with Crippen molar-refractivity contribution in [3.63, 3.8) is 0 Å². The van der Waals surface area contributed by atoms with Crippen LogP contribution in [0.1, 0.15) is 56.8 Å². The van der Waals surface area contributed by atoms with Crippen molar-refractivity contribution < 1.29 is 17.6 Å². The van der Waals surface area contributed by atoms with Crippen LogP contribution < -0.4 is 5.32 Å². The lowest BCUT2D eigenvalue weighted by Crippen LogP contribution is -2.43. The van der Waals surface area contributed by atoms with Crippen molar-refractivity contribution >= 4 is 38.9 Å². The van der Waals surface area contributed by atoms with Crippen LogP contribution in [0.5, 0.6) is 0 Å². The van der Waals surface area contributed by atoms with E-state index in [4.69, 9.17) is 23.2 Å². The van der Waals surface area contributed by atoms with Gasteiger partial charge in [0.25, 0.3) is 0 Å². The average molecular weight is 500 g/mol. The predicted molar refractivity (Wildman–Crippen MR) is 126 cm³/mol. The van der Waals surface area contributed by atoms with Crippen LogP contribution in [0.2, 0.25) is 10.0 Å². The van der Waals surface area contributed by atoms with E-state index >= 15 is 0 Å². The van der Waals surface area contributed by atoms with Crippen LogP contribution in [-0.4, -0.2) is 20.4 Å². The zero-order valence-electron chi connectivity index (χ0n) is 18.2. The molecule has 3 atom stereocenters. The molecule has 4 nitrogen and oxygen atoms in total. The molecule has 0 aliphatic heterocycles. The number of benzene rings is 2. The number of hydrogen-bond donors (Lipinski definition) is 1. The van der Waals surface area contributed by atoms with Gasteiger partial charge in [0.05, 0.1) is 10.8 Å². The van der Waals surface area contributed by atoms with Gasteiger partial charge in [-0.25, -0.2) is 12.8 Å². The second-order valence-electron chi connectivity index (χ2n) is 8.57. The minimum atomic E-state index is -4.13. The third kappa shape index (κ3) is 5.64. The molecule has 32 heavy (non-hydrogen) atoms. The molecule has 0 heterocycles. The SMILES string of the molecule is CC(NC(=O)C(C)C(c1cc(Cl)ccc1F)S(=O)(=O)c1ccc(Cl)cc1)C1CCCCC1. The number of sulfone groups is 1. The smallest absolute Gasteiger partial charge is 0.224 e. The summed E-state index contributed by atoms with van der Waals surface area (Å²) in [5, 5.41) is 2.11. The Kier molecular flexibility index (Phi) is 8.23. The van der Waals surface area contributed by atoms with Crippen molar-refractivity contribution in [2.75, 3.05) is 0 Å². The quantitative estimate of drug-likeness (QED) is 0.481. The lowest BCUT2D eigenvalue weighted by molar-refractivity contribution is -0.125. The summed E-state index contributed by atoms with van der Waals surface area (Å²) in [6.07, 6.45) is 5.52. The lowest BCUT2D eigenvalue weighted by Gasteiger charge is -2.31. The molecular weight excluding hydrogens is 472 g/mol. The first-order valence-corrected chi connectivity index (χ1v) is 13.2. The van der Waals surface area contributed by atoms with Crippen LogP contribution in [-0.2, 0) is 14.6 Å². The van der Waals surface area contributed by atoms with Crippen molar-refractivity contribution in [2.45, 2.75) is 62.1 Å². The second kappa shape index (κ2) is 10.5. The topological polar surface area (TPSA) is 63.2 Å². The van der Waals surface area contributed by atoms with Gasteiger partial charge in [0.1, 0.15) is 11.1 Å². The van der Waals surface area contributed by atoms with Gasteiger partial charge in [-0.2, -0.15) is 0 Å². The fraction of sp³-hybridized carbons (Fsp3) is 0.458. The van der Waals surface area contributed by atoms with Crippen molar-refractivity contribution in [3.05, 3.63) is 63.9 Å². The van der Waals surface area contributed by atoms with Gasteiger partial charge in [-0.1, -0.05) is 49.4 Å². The highest BCUT2D eigenvalue weighted by atomic mass is 35.5. The highest BCUT2D eigenvalue weighted by Crippen LogP contribution is 2.38. The van der Waals surface area contributed by atoms with E-state index in [0.29, 0.717) is 10.9 Å². The standard InChI is InChI=1S/C24H28Cl2FNO3S/c1-15(24(29)28-16(2)17-6-4-3-5-7-17)23(21-14-19(26)10-13-22(21)27)32(30,31)20-11-8-18(25)9-12-20/h8-17,23H,3-7H2,1-2H3,(H,28,29). The zero-order chi connectivity index (χ0) is 23.5. The van der Waals surface area contributed by atoms with E-state index in [2.05, 4.69) is 5.32 Å². The number of carbonyl (C=O) groups is 1. The third-order valence-electron chi connectivity index (χ3n) is 6.34. The van der Waals surface area contributed by atoms with E-state index in [1.165, 1.54) is 49.7 Å². The summed E-state index contributed by atoms with van der Waals surface area (Å²) in [6, 6.07) is 9.30. The predicted octanol–water partition coefficient (Wildman–Crippen LogP) is 6.37. The molecule has 2 aromatic carbocycles. The van der Waals surface area contributed by atoms with Crippen LogP contribution in [0, 0.1) is 17.7 Å². The van der Waals surface area contributed by atoms with Crippen molar-refractivity contribution in [3.8, 4) is 0 Å². The van der Waals surface area contributed by atoms with Crippen LogP contribution in [0.4, 0.5) is 4.39 Å². The number of rotatable bonds is 7. The molecule has 1 aliphatic rings. The fourth-order valence-electron chi connectivity index (χ4n) is 4.45. The maximum absolute atomic E-state index is 14.8. The Labute approximate surface area is 199 Å². The second-order valence-corrected chi connectivity index (χ2v) is 11.5. The van der Waals surface area contributed by atoms with E-state index in [1.807, 2.05) is 6.92 Å². The van der Waals surface area contributed by atoms with Crippen molar-refractivity contribution in [2.24, 2.45) is 11.8 Å². The summed E-state index contributed by atoms with van der Waals surface area (Å²) in [6.45, 7) is 3.46. The zero-order valence-corrected chi connectivity index (χ0v) is 20.5. The summed E-state index contributed by atoms with van der Waals surface area (Å²) in [7, 11) is -4.13. The van der Waals surface area contributed by atoms with Crippen LogP contribution in [0.25, 0.3) is 0 Å². The van der Waals surface area contributed by atoms with E-state index in [0.717, 1.165) is 31.7 Å². The summed E-state index contributed by atoms with van der Waals surface area (Å²) >= 11 is 12.0. The first kappa shape index (κ1) is 25.0.